The fourth-order valence-electron chi connectivity index (χ4n) is 2.19. The maximum absolute atomic E-state index is 8.93. The molecule has 3 nitrogen and oxygen atoms in total. The molecule has 1 atom stereocenters. The topological polar surface area (TPSA) is 35.5 Å². The van der Waals surface area contributed by atoms with E-state index in [4.69, 9.17) is 5.11 Å². The molecule has 3 heteroatoms. The summed E-state index contributed by atoms with van der Waals surface area (Å²) >= 11 is 0. The summed E-state index contributed by atoms with van der Waals surface area (Å²) in [5, 5.41) is 12.4. The van der Waals surface area contributed by atoms with Crippen LogP contribution in [0.3, 0.4) is 0 Å². The van der Waals surface area contributed by atoms with Crippen molar-refractivity contribution in [2.45, 2.75) is 37.8 Å². The molecule has 2 rings (SSSR count). The minimum Gasteiger partial charge on any atom is -0.395 e. The Labute approximate surface area is 80.1 Å². The number of nitrogens with zero attached hydrogens (tertiary/aromatic N) is 1. The van der Waals surface area contributed by atoms with E-state index in [1.165, 1.54) is 32.2 Å². The lowest BCUT2D eigenvalue weighted by molar-refractivity contribution is 0.178. The molecular formula is C10H20N2O. The zero-order chi connectivity index (χ0) is 9.10. The molecule has 1 unspecified atom stereocenters. The Morgan fingerprint density at radius 3 is 2.69 bits per heavy atom. The molecule has 2 aliphatic rings. The number of aliphatic hydroxyl groups excluding tert-OH is 1. The highest BCUT2D eigenvalue weighted by atomic mass is 16.3. The number of aliphatic hydroxyl groups is 1. The van der Waals surface area contributed by atoms with Crippen LogP contribution in [0.1, 0.15) is 25.7 Å². The minimum atomic E-state index is 0.309. The van der Waals surface area contributed by atoms with Gasteiger partial charge in [-0.2, -0.15) is 0 Å². The van der Waals surface area contributed by atoms with Crippen molar-refractivity contribution in [3.8, 4) is 0 Å². The second-order valence-electron chi connectivity index (χ2n) is 4.24. The van der Waals surface area contributed by atoms with Crippen LogP contribution < -0.4 is 5.32 Å². The average molecular weight is 184 g/mol. The third kappa shape index (κ3) is 2.66. The van der Waals surface area contributed by atoms with E-state index in [0.717, 1.165) is 19.1 Å². The summed E-state index contributed by atoms with van der Waals surface area (Å²) in [6.45, 7) is 3.50. The molecule has 0 spiro atoms. The first-order chi connectivity index (χ1) is 6.40. The Balaban J connectivity index is 1.74. The Kier molecular flexibility index (Phi) is 3.19. The van der Waals surface area contributed by atoms with Gasteiger partial charge in [0.25, 0.3) is 0 Å². The van der Waals surface area contributed by atoms with Crippen molar-refractivity contribution in [1.82, 2.24) is 10.2 Å². The van der Waals surface area contributed by atoms with Gasteiger partial charge in [-0.3, -0.25) is 4.90 Å². The summed E-state index contributed by atoms with van der Waals surface area (Å²) in [6.07, 6.45) is 5.32. The minimum absolute atomic E-state index is 0.309. The Bertz CT molecular complexity index is 153. The van der Waals surface area contributed by atoms with Crippen molar-refractivity contribution in [3.63, 3.8) is 0 Å². The Morgan fingerprint density at radius 1 is 1.31 bits per heavy atom. The second-order valence-corrected chi connectivity index (χ2v) is 4.24. The number of rotatable bonds is 5. The molecule has 1 heterocycles. The van der Waals surface area contributed by atoms with Gasteiger partial charge in [0, 0.05) is 25.2 Å². The van der Waals surface area contributed by atoms with Gasteiger partial charge in [-0.1, -0.05) is 0 Å². The first-order valence-electron chi connectivity index (χ1n) is 5.48. The quantitative estimate of drug-likeness (QED) is 0.640. The molecule has 0 radical (unpaired) electrons. The second kappa shape index (κ2) is 4.40. The van der Waals surface area contributed by atoms with Crippen LogP contribution in [-0.2, 0) is 0 Å². The van der Waals surface area contributed by atoms with Crippen LogP contribution in [-0.4, -0.2) is 48.3 Å². The molecule has 2 N–H and O–H groups in total. The van der Waals surface area contributed by atoms with E-state index in [1.807, 2.05) is 0 Å². The largest absolute Gasteiger partial charge is 0.395 e. The molecule has 2 fully saturated rings. The van der Waals surface area contributed by atoms with E-state index in [2.05, 4.69) is 10.2 Å². The molecular weight excluding hydrogens is 164 g/mol. The monoisotopic (exact) mass is 184 g/mol. The highest BCUT2D eigenvalue weighted by Crippen LogP contribution is 2.27. The van der Waals surface area contributed by atoms with E-state index < -0.39 is 0 Å². The van der Waals surface area contributed by atoms with Gasteiger partial charge in [0.15, 0.2) is 0 Å². The zero-order valence-electron chi connectivity index (χ0n) is 8.21. The molecule has 1 aliphatic heterocycles. The highest BCUT2D eigenvalue weighted by Gasteiger charge is 2.30. The maximum Gasteiger partial charge on any atom is 0.0558 e. The van der Waals surface area contributed by atoms with Crippen LogP contribution in [0, 0.1) is 0 Å². The van der Waals surface area contributed by atoms with Gasteiger partial charge >= 0.3 is 0 Å². The Hall–Kier alpha value is -0.120. The highest BCUT2D eigenvalue weighted by molar-refractivity contribution is 4.88. The molecule has 76 valence electrons. The van der Waals surface area contributed by atoms with Crippen molar-refractivity contribution < 1.29 is 5.11 Å². The van der Waals surface area contributed by atoms with Crippen LogP contribution in [0.5, 0.6) is 0 Å². The lowest BCUT2D eigenvalue weighted by Crippen LogP contribution is -2.40. The van der Waals surface area contributed by atoms with Crippen LogP contribution in [0.25, 0.3) is 0 Å². The van der Waals surface area contributed by atoms with Gasteiger partial charge < -0.3 is 10.4 Å². The fraction of sp³-hybridized carbons (Fsp3) is 1.00. The van der Waals surface area contributed by atoms with Gasteiger partial charge in [-0.15, -0.1) is 0 Å². The molecule has 1 saturated heterocycles. The summed E-state index contributed by atoms with van der Waals surface area (Å²) < 4.78 is 0. The lowest BCUT2D eigenvalue weighted by atomic mass is 10.2. The average Bonchev–Trinajstić information content (AvgIpc) is 2.85. The molecule has 0 aromatic rings. The first-order valence-corrected chi connectivity index (χ1v) is 5.48. The van der Waals surface area contributed by atoms with Crippen molar-refractivity contribution in [2.75, 3.05) is 26.2 Å². The first kappa shape index (κ1) is 9.44. The third-order valence-corrected chi connectivity index (χ3v) is 3.07. The van der Waals surface area contributed by atoms with E-state index >= 15 is 0 Å². The molecule has 0 bridgehead atoms. The summed E-state index contributed by atoms with van der Waals surface area (Å²) in [5.41, 5.74) is 0. The van der Waals surface area contributed by atoms with Gasteiger partial charge in [0.05, 0.1) is 6.61 Å². The van der Waals surface area contributed by atoms with Crippen molar-refractivity contribution in [1.29, 1.82) is 0 Å². The van der Waals surface area contributed by atoms with Crippen LogP contribution >= 0.6 is 0 Å². The molecule has 13 heavy (non-hydrogen) atoms. The Morgan fingerprint density at radius 2 is 2.15 bits per heavy atom. The van der Waals surface area contributed by atoms with Crippen LogP contribution in [0.2, 0.25) is 0 Å². The van der Waals surface area contributed by atoms with E-state index in [-0.39, 0.29) is 0 Å². The van der Waals surface area contributed by atoms with Gasteiger partial charge in [0.1, 0.15) is 0 Å². The predicted molar refractivity (Wildman–Crippen MR) is 52.7 cm³/mol. The zero-order valence-corrected chi connectivity index (χ0v) is 8.21. The van der Waals surface area contributed by atoms with Gasteiger partial charge in [-0.25, -0.2) is 0 Å². The number of hydrogen-bond acceptors (Lipinski definition) is 3. The molecule has 0 aromatic carbocycles. The fourth-order valence-corrected chi connectivity index (χ4v) is 2.19. The predicted octanol–water partition coefficient (Wildman–Crippen LogP) is 0.195. The summed E-state index contributed by atoms with van der Waals surface area (Å²) in [6, 6.07) is 1.47. The summed E-state index contributed by atoms with van der Waals surface area (Å²) in [4.78, 5) is 2.45. The van der Waals surface area contributed by atoms with Gasteiger partial charge in [-0.05, 0) is 32.2 Å². The van der Waals surface area contributed by atoms with Gasteiger partial charge in [0.2, 0.25) is 0 Å². The standard InChI is InChI=1S/C10H20N2O/c13-7-6-12(10-3-4-10)8-9-2-1-5-11-9/h9-11,13H,1-8H2. The third-order valence-electron chi connectivity index (χ3n) is 3.07. The molecule has 0 aromatic heterocycles. The molecule has 1 aliphatic carbocycles. The molecule has 0 amide bonds. The van der Waals surface area contributed by atoms with E-state index in [9.17, 15) is 0 Å². The maximum atomic E-state index is 8.93. The van der Waals surface area contributed by atoms with Crippen LogP contribution in [0.4, 0.5) is 0 Å². The normalized spacial score (nSPS) is 28.6. The van der Waals surface area contributed by atoms with Crippen molar-refractivity contribution in [3.05, 3.63) is 0 Å². The smallest absolute Gasteiger partial charge is 0.0558 e. The lowest BCUT2D eigenvalue weighted by Gasteiger charge is -2.24. The van der Waals surface area contributed by atoms with Crippen LogP contribution in [0.15, 0.2) is 0 Å². The van der Waals surface area contributed by atoms with E-state index in [0.29, 0.717) is 12.6 Å². The molecule has 1 saturated carbocycles. The summed E-state index contributed by atoms with van der Waals surface area (Å²) in [5.74, 6) is 0. The SMILES string of the molecule is OCCN(CC1CCCN1)C1CC1. The number of nitrogens with one attached hydrogen (secondary N) is 1. The van der Waals surface area contributed by atoms with Crippen molar-refractivity contribution >= 4 is 0 Å². The van der Waals surface area contributed by atoms with E-state index in [1.54, 1.807) is 0 Å². The summed E-state index contributed by atoms with van der Waals surface area (Å²) in [7, 11) is 0. The van der Waals surface area contributed by atoms with Crippen molar-refractivity contribution in [2.24, 2.45) is 0 Å². The number of hydrogen-bond donors (Lipinski definition) is 2.